The maximum Gasteiger partial charge on any atom is 0.328 e. The molecule has 0 aliphatic rings. The van der Waals surface area contributed by atoms with Crippen molar-refractivity contribution in [3.8, 4) is 11.3 Å². The largest absolute Gasteiger partial charge is 0.478 e. The van der Waals surface area contributed by atoms with E-state index < -0.39 is 28.4 Å². The Hall–Kier alpha value is -3.49. The number of hydrogen-bond donors (Lipinski definition) is 1. The predicted molar refractivity (Wildman–Crippen MR) is 129 cm³/mol. The van der Waals surface area contributed by atoms with E-state index in [1.165, 1.54) is 36.6 Å². The van der Waals surface area contributed by atoms with Crippen LogP contribution in [0.2, 0.25) is 10.0 Å². The number of hydrogen-bond acceptors (Lipinski definition) is 4. The van der Waals surface area contributed by atoms with Crippen LogP contribution in [-0.2, 0) is 10.5 Å². The van der Waals surface area contributed by atoms with Gasteiger partial charge in [-0.05, 0) is 56.2 Å². The Balaban J connectivity index is 1.97. The summed E-state index contributed by atoms with van der Waals surface area (Å²) in [5.74, 6) is -3.08. The number of aromatic nitrogens is 2. The van der Waals surface area contributed by atoms with Crippen molar-refractivity contribution in [2.75, 3.05) is 0 Å². The van der Waals surface area contributed by atoms with Gasteiger partial charge in [0.2, 0.25) is 0 Å². The van der Waals surface area contributed by atoms with Crippen LogP contribution in [0.25, 0.3) is 28.2 Å². The van der Waals surface area contributed by atoms with Crippen molar-refractivity contribution in [1.29, 1.82) is 0 Å². The third-order valence-electron chi connectivity index (χ3n) is 5.41. The fourth-order valence-electron chi connectivity index (χ4n) is 3.89. The number of carboxylic acid groups (broad SMARTS) is 1. The molecule has 10 heteroatoms. The molecule has 2 aromatic carbocycles. The van der Waals surface area contributed by atoms with Crippen molar-refractivity contribution in [2.24, 2.45) is 0 Å². The molecule has 0 spiro atoms. The zero-order valence-corrected chi connectivity index (χ0v) is 20.2. The third-order valence-corrected chi connectivity index (χ3v) is 6.07. The molecule has 0 aliphatic carbocycles. The van der Waals surface area contributed by atoms with Crippen LogP contribution in [0.4, 0.5) is 8.78 Å². The average Bonchev–Trinajstić information content (AvgIpc) is 3.38. The highest BCUT2D eigenvalue weighted by molar-refractivity contribution is 6.36. The monoisotopic (exact) mass is 518 g/mol. The lowest BCUT2D eigenvalue weighted by atomic mass is 9.98. The number of aryl methyl sites for hydroxylation is 1. The molecule has 0 saturated carbocycles. The predicted octanol–water partition coefficient (Wildman–Crippen LogP) is 7.04. The Morgan fingerprint density at radius 3 is 2.57 bits per heavy atom. The van der Waals surface area contributed by atoms with Crippen molar-refractivity contribution >= 4 is 52.1 Å². The van der Waals surface area contributed by atoms with E-state index in [2.05, 4.69) is 5.16 Å². The van der Waals surface area contributed by atoms with Gasteiger partial charge < -0.3 is 9.63 Å². The normalized spacial score (nSPS) is 12.1. The summed E-state index contributed by atoms with van der Waals surface area (Å²) in [5, 5.41) is 12.9. The van der Waals surface area contributed by atoms with Gasteiger partial charge in [-0.3, -0.25) is 9.36 Å². The molecule has 0 atom stereocenters. The summed E-state index contributed by atoms with van der Waals surface area (Å²) >= 11 is 12.0. The van der Waals surface area contributed by atoms with Gasteiger partial charge in [0.05, 0.1) is 15.6 Å². The van der Waals surface area contributed by atoms with Gasteiger partial charge >= 0.3 is 5.97 Å². The molecule has 180 valence electrons. The summed E-state index contributed by atoms with van der Waals surface area (Å²) in [4.78, 5) is 24.9. The second-order valence-electron chi connectivity index (χ2n) is 8.33. The third kappa shape index (κ3) is 4.35. The molecule has 6 nitrogen and oxygen atoms in total. The number of carboxylic acids is 1. The fourth-order valence-corrected chi connectivity index (χ4v) is 4.35. The summed E-state index contributed by atoms with van der Waals surface area (Å²) < 4.78 is 36.1. The number of benzene rings is 2. The molecular weight excluding hydrogens is 501 g/mol. The van der Waals surface area contributed by atoms with Crippen molar-refractivity contribution in [3.05, 3.63) is 80.9 Å². The van der Waals surface area contributed by atoms with Crippen LogP contribution in [-0.4, -0.2) is 26.7 Å². The lowest BCUT2D eigenvalue weighted by molar-refractivity contribution is -0.131. The zero-order chi connectivity index (χ0) is 25.7. The molecule has 35 heavy (non-hydrogen) atoms. The fraction of sp³-hybridized carbons (Fsp3) is 0.160. The average molecular weight is 519 g/mol. The van der Waals surface area contributed by atoms with E-state index in [4.69, 9.17) is 32.8 Å². The van der Waals surface area contributed by atoms with Gasteiger partial charge in [0, 0.05) is 23.2 Å². The highest BCUT2D eigenvalue weighted by atomic mass is 35.5. The van der Waals surface area contributed by atoms with Crippen molar-refractivity contribution in [1.82, 2.24) is 9.72 Å². The van der Waals surface area contributed by atoms with Crippen LogP contribution >= 0.6 is 23.2 Å². The number of carbonyl (C=O) groups is 2. The minimum Gasteiger partial charge on any atom is -0.478 e. The Labute approximate surface area is 208 Å². The molecule has 1 N–H and O–H groups in total. The molecule has 4 rings (SSSR count). The number of carbonyl (C=O) groups excluding carboxylic acids is 1. The number of halogens is 4. The van der Waals surface area contributed by atoms with Crippen molar-refractivity contribution < 1.29 is 28.0 Å². The highest BCUT2D eigenvalue weighted by Crippen LogP contribution is 2.40. The summed E-state index contributed by atoms with van der Waals surface area (Å²) in [6.07, 6.45) is 3.96. The van der Waals surface area contributed by atoms with Crippen LogP contribution in [0.1, 0.15) is 41.1 Å². The molecule has 4 aromatic rings. The van der Waals surface area contributed by atoms with Crippen LogP contribution in [0.5, 0.6) is 0 Å². The molecule has 0 radical (unpaired) electrons. The topological polar surface area (TPSA) is 85.3 Å². The molecule has 0 aliphatic heterocycles. The first-order valence-electron chi connectivity index (χ1n) is 10.3. The maximum atomic E-state index is 15.1. The molecule has 0 amide bonds. The lowest BCUT2D eigenvalue weighted by Crippen LogP contribution is -2.18. The number of alkyl halides is 1. The number of aliphatic carboxylic acids is 1. The van der Waals surface area contributed by atoms with E-state index in [-0.39, 0.29) is 27.6 Å². The van der Waals surface area contributed by atoms with E-state index in [0.717, 1.165) is 6.08 Å². The first kappa shape index (κ1) is 24.6. The molecule has 0 unspecified atom stereocenters. The zero-order valence-electron chi connectivity index (χ0n) is 18.7. The minimum absolute atomic E-state index is 0.00873. The van der Waals surface area contributed by atoms with Crippen LogP contribution < -0.4 is 0 Å². The molecule has 0 saturated heterocycles. The smallest absolute Gasteiger partial charge is 0.328 e. The number of fused-ring (bicyclic) bond motifs is 1. The Kier molecular flexibility index (Phi) is 6.29. The Morgan fingerprint density at radius 1 is 1.20 bits per heavy atom. The van der Waals surface area contributed by atoms with E-state index in [9.17, 15) is 14.0 Å². The molecule has 0 bridgehead atoms. The summed E-state index contributed by atoms with van der Waals surface area (Å²) in [5.41, 5.74) is -0.775. The second kappa shape index (κ2) is 8.94. The van der Waals surface area contributed by atoms with Crippen LogP contribution in [0.15, 0.2) is 47.1 Å². The molecule has 0 fully saturated rings. The molecular formula is C25H18Cl2F2N2O4. The van der Waals surface area contributed by atoms with E-state index in [1.807, 2.05) is 0 Å². The van der Waals surface area contributed by atoms with Gasteiger partial charge in [-0.1, -0.05) is 40.5 Å². The van der Waals surface area contributed by atoms with E-state index >= 15 is 4.39 Å². The quantitative estimate of drug-likeness (QED) is 0.226. The van der Waals surface area contributed by atoms with E-state index in [0.29, 0.717) is 22.0 Å². The van der Waals surface area contributed by atoms with Gasteiger partial charge in [-0.25, -0.2) is 13.6 Å². The second-order valence-corrected chi connectivity index (χ2v) is 9.12. The minimum atomic E-state index is -2.11. The van der Waals surface area contributed by atoms with Gasteiger partial charge in [0.25, 0.3) is 5.91 Å². The van der Waals surface area contributed by atoms with Crippen molar-refractivity contribution in [2.45, 2.75) is 26.4 Å². The van der Waals surface area contributed by atoms with Gasteiger partial charge in [0.1, 0.15) is 11.3 Å². The van der Waals surface area contributed by atoms with E-state index in [1.54, 1.807) is 31.3 Å². The SMILES string of the molecule is Cc1cn(C(=O)c2c(-c3ccc(Cl)c(F)c3Cl)noc2C(C)(C)F)c2cccc(/C=C/C(=O)O)c12. The van der Waals surface area contributed by atoms with Gasteiger partial charge in [-0.15, -0.1) is 0 Å². The Morgan fingerprint density at radius 2 is 1.91 bits per heavy atom. The summed E-state index contributed by atoms with van der Waals surface area (Å²) in [7, 11) is 0. The van der Waals surface area contributed by atoms with Crippen molar-refractivity contribution in [3.63, 3.8) is 0 Å². The molecule has 2 heterocycles. The maximum absolute atomic E-state index is 15.1. The van der Waals surface area contributed by atoms with Crippen LogP contribution in [0, 0.1) is 12.7 Å². The van der Waals surface area contributed by atoms with Gasteiger partial charge in [-0.2, -0.15) is 0 Å². The highest BCUT2D eigenvalue weighted by Gasteiger charge is 2.36. The standard InChI is InChI=1S/C25H18Cl2F2N2O4/c1-12-11-31(16-6-4-5-13(18(12)16)7-10-17(32)33)24(34)19-22(30-35-23(19)25(2,3)29)14-8-9-15(26)21(28)20(14)27/h4-11H,1-3H3,(H,32,33)/b10-7+. The Bertz CT molecular complexity index is 1530. The summed E-state index contributed by atoms with van der Waals surface area (Å²) in [6, 6.07) is 7.65. The number of rotatable bonds is 5. The summed E-state index contributed by atoms with van der Waals surface area (Å²) in [6.45, 7) is 4.15. The number of nitrogens with zero attached hydrogens (tertiary/aromatic N) is 2. The van der Waals surface area contributed by atoms with Gasteiger partial charge in [0.15, 0.2) is 17.2 Å². The lowest BCUT2D eigenvalue weighted by Gasteiger charge is -2.13. The van der Waals surface area contributed by atoms with Crippen LogP contribution in [0.3, 0.4) is 0 Å². The molecule has 2 aromatic heterocycles. The first-order chi connectivity index (χ1) is 16.4. The first-order valence-corrected chi connectivity index (χ1v) is 11.1.